The van der Waals surface area contributed by atoms with Gasteiger partial charge < -0.3 is 14.7 Å². The molecule has 1 saturated heterocycles. The van der Waals surface area contributed by atoms with Gasteiger partial charge in [0.2, 0.25) is 0 Å². The second-order valence-electron chi connectivity index (χ2n) is 6.40. The molecule has 1 N–H and O–H groups in total. The zero-order valence-electron chi connectivity index (χ0n) is 15.2. The number of amides is 1. The Kier molecular flexibility index (Phi) is 6.54. The van der Waals surface area contributed by atoms with Crippen molar-refractivity contribution in [3.8, 4) is 0 Å². The van der Waals surface area contributed by atoms with E-state index in [1.165, 1.54) is 4.90 Å². The second-order valence-corrected chi connectivity index (χ2v) is 7.75. The predicted octanol–water partition coefficient (Wildman–Crippen LogP) is 4.56. The average Bonchev–Trinajstić information content (AvgIpc) is 2.93. The summed E-state index contributed by atoms with van der Waals surface area (Å²) in [6.07, 6.45) is 0.578. The van der Waals surface area contributed by atoms with Crippen molar-refractivity contribution in [2.75, 3.05) is 20.3 Å². The molecule has 1 fully saturated rings. The van der Waals surface area contributed by atoms with Gasteiger partial charge in [0, 0.05) is 35.3 Å². The number of likely N-dealkylation sites (tertiary alicyclic amines) is 1. The fraction of sp³-hybridized carbons (Fsp3) is 0.238. The smallest absolute Gasteiger partial charge is 0.295 e. The third-order valence-electron chi connectivity index (χ3n) is 4.57. The van der Waals surface area contributed by atoms with Gasteiger partial charge in [-0.25, -0.2) is 0 Å². The molecule has 0 aliphatic carbocycles. The van der Waals surface area contributed by atoms with Crippen molar-refractivity contribution >= 4 is 45.0 Å². The van der Waals surface area contributed by atoms with E-state index < -0.39 is 17.7 Å². The van der Waals surface area contributed by atoms with E-state index in [2.05, 4.69) is 15.9 Å². The normalized spacial score (nSPS) is 18.7. The van der Waals surface area contributed by atoms with Gasteiger partial charge in [0.1, 0.15) is 5.76 Å². The Bertz CT molecular complexity index is 926. The van der Waals surface area contributed by atoms with Gasteiger partial charge in [-0.2, -0.15) is 0 Å². The van der Waals surface area contributed by atoms with Crippen LogP contribution in [0.1, 0.15) is 23.6 Å². The number of aliphatic hydroxyl groups excluding tert-OH is 1. The lowest BCUT2D eigenvalue weighted by Crippen LogP contribution is -2.31. The third-order valence-corrected chi connectivity index (χ3v) is 5.31. The zero-order chi connectivity index (χ0) is 20.3. The molecule has 5 nitrogen and oxygen atoms in total. The number of ketones is 1. The fourth-order valence-electron chi connectivity index (χ4n) is 3.28. The van der Waals surface area contributed by atoms with E-state index in [0.29, 0.717) is 30.2 Å². The molecular formula is C21H19BrClNO4. The lowest BCUT2D eigenvalue weighted by Gasteiger charge is -2.25. The maximum atomic E-state index is 12.8. The first-order valence-corrected chi connectivity index (χ1v) is 9.90. The predicted molar refractivity (Wildman–Crippen MR) is 111 cm³/mol. The van der Waals surface area contributed by atoms with Crippen LogP contribution in [0.15, 0.2) is 58.6 Å². The summed E-state index contributed by atoms with van der Waals surface area (Å²) in [5.74, 6) is -1.54. The molecule has 28 heavy (non-hydrogen) atoms. The summed E-state index contributed by atoms with van der Waals surface area (Å²) >= 11 is 9.35. The van der Waals surface area contributed by atoms with E-state index in [-0.39, 0.29) is 11.3 Å². The number of Topliss-reactive ketones (excluding diaryl/α,β-unsaturated/α-hetero) is 1. The monoisotopic (exact) mass is 463 g/mol. The Labute approximate surface area is 176 Å². The molecule has 146 valence electrons. The molecule has 0 spiro atoms. The molecule has 1 amide bonds. The third kappa shape index (κ3) is 4.14. The SMILES string of the molecule is COCCCN1C(=O)C(=O)/C(=C(/O)c2ccc(Cl)cc2)[C@@H]1c1cccc(Br)c1. The Morgan fingerprint density at radius 2 is 1.93 bits per heavy atom. The molecule has 1 atom stereocenters. The lowest BCUT2D eigenvalue weighted by atomic mass is 9.95. The Morgan fingerprint density at radius 3 is 2.57 bits per heavy atom. The largest absolute Gasteiger partial charge is 0.507 e. The number of methoxy groups -OCH3 is 1. The molecule has 1 aliphatic rings. The van der Waals surface area contributed by atoms with Gasteiger partial charge in [-0.05, 0) is 48.4 Å². The lowest BCUT2D eigenvalue weighted by molar-refractivity contribution is -0.140. The summed E-state index contributed by atoms with van der Waals surface area (Å²) < 4.78 is 5.89. The van der Waals surface area contributed by atoms with Crippen LogP contribution in [0.3, 0.4) is 0 Å². The van der Waals surface area contributed by atoms with E-state index in [4.69, 9.17) is 16.3 Å². The topological polar surface area (TPSA) is 66.8 Å². The Hall–Kier alpha value is -2.15. The molecular weight excluding hydrogens is 446 g/mol. The first kappa shape index (κ1) is 20.6. The molecule has 2 aromatic carbocycles. The summed E-state index contributed by atoms with van der Waals surface area (Å²) in [5, 5.41) is 11.4. The molecule has 3 rings (SSSR count). The van der Waals surface area contributed by atoms with E-state index in [0.717, 1.165) is 10.0 Å². The van der Waals surface area contributed by atoms with Crippen LogP contribution in [-0.4, -0.2) is 42.0 Å². The number of carbonyl (C=O) groups excluding carboxylic acids is 2. The van der Waals surface area contributed by atoms with Crippen molar-refractivity contribution in [2.24, 2.45) is 0 Å². The number of benzene rings is 2. The van der Waals surface area contributed by atoms with Crippen LogP contribution in [0.4, 0.5) is 0 Å². The van der Waals surface area contributed by atoms with Crippen molar-refractivity contribution in [2.45, 2.75) is 12.5 Å². The highest BCUT2D eigenvalue weighted by Crippen LogP contribution is 2.40. The van der Waals surface area contributed by atoms with Gasteiger partial charge in [-0.15, -0.1) is 0 Å². The van der Waals surface area contributed by atoms with Crippen LogP contribution in [0, 0.1) is 0 Å². The highest BCUT2D eigenvalue weighted by molar-refractivity contribution is 9.10. The minimum absolute atomic E-state index is 0.0721. The summed E-state index contributed by atoms with van der Waals surface area (Å²) in [5.41, 5.74) is 1.24. The van der Waals surface area contributed by atoms with Crippen molar-refractivity contribution < 1.29 is 19.4 Å². The maximum absolute atomic E-state index is 12.8. The van der Waals surface area contributed by atoms with Crippen LogP contribution >= 0.6 is 27.5 Å². The van der Waals surface area contributed by atoms with Gasteiger partial charge in [0.15, 0.2) is 0 Å². The number of rotatable bonds is 6. The molecule has 1 heterocycles. The van der Waals surface area contributed by atoms with E-state index in [9.17, 15) is 14.7 Å². The van der Waals surface area contributed by atoms with Crippen molar-refractivity contribution in [3.63, 3.8) is 0 Å². The number of nitrogens with zero attached hydrogens (tertiary/aromatic N) is 1. The minimum Gasteiger partial charge on any atom is -0.507 e. The summed E-state index contributed by atoms with van der Waals surface area (Å²) in [7, 11) is 1.58. The van der Waals surface area contributed by atoms with Gasteiger partial charge in [-0.3, -0.25) is 9.59 Å². The van der Waals surface area contributed by atoms with Crippen LogP contribution < -0.4 is 0 Å². The number of aliphatic hydroxyl groups is 1. The number of hydrogen-bond donors (Lipinski definition) is 1. The average molecular weight is 465 g/mol. The molecule has 1 aliphatic heterocycles. The molecule has 0 radical (unpaired) electrons. The van der Waals surface area contributed by atoms with Crippen molar-refractivity contribution in [1.82, 2.24) is 4.90 Å². The van der Waals surface area contributed by atoms with E-state index >= 15 is 0 Å². The molecule has 2 aromatic rings. The van der Waals surface area contributed by atoms with Crippen LogP contribution in [0.25, 0.3) is 5.76 Å². The quantitative estimate of drug-likeness (QED) is 0.294. The summed E-state index contributed by atoms with van der Waals surface area (Å²) in [4.78, 5) is 27.0. The zero-order valence-corrected chi connectivity index (χ0v) is 17.5. The number of hydrogen-bond acceptors (Lipinski definition) is 4. The number of carbonyl (C=O) groups is 2. The first-order chi connectivity index (χ1) is 13.4. The molecule has 7 heteroatoms. The van der Waals surface area contributed by atoms with E-state index in [1.54, 1.807) is 31.4 Å². The van der Waals surface area contributed by atoms with Gasteiger partial charge in [0.25, 0.3) is 11.7 Å². The van der Waals surface area contributed by atoms with Gasteiger partial charge >= 0.3 is 0 Å². The molecule has 0 saturated carbocycles. The van der Waals surface area contributed by atoms with Gasteiger partial charge in [0.05, 0.1) is 11.6 Å². The first-order valence-electron chi connectivity index (χ1n) is 8.72. The number of halogens is 2. The highest BCUT2D eigenvalue weighted by atomic mass is 79.9. The van der Waals surface area contributed by atoms with Crippen LogP contribution in [-0.2, 0) is 14.3 Å². The second kappa shape index (κ2) is 8.90. The minimum atomic E-state index is -0.699. The maximum Gasteiger partial charge on any atom is 0.295 e. The van der Waals surface area contributed by atoms with Crippen LogP contribution in [0.2, 0.25) is 5.02 Å². The number of ether oxygens (including phenoxy) is 1. The molecule has 0 bridgehead atoms. The molecule has 0 aromatic heterocycles. The highest BCUT2D eigenvalue weighted by Gasteiger charge is 2.45. The Balaban J connectivity index is 2.12. The van der Waals surface area contributed by atoms with Crippen molar-refractivity contribution in [3.05, 3.63) is 74.7 Å². The fourth-order valence-corrected chi connectivity index (χ4v) is 3.82. The summed E-state index contributed by atoms with van der Waals surface area (Å²) in [6.45, 7) is 0.804. The summed E-state index contributed by atoms with van der Waals surface area (Å²) in [6, 6.07) is 13.2. The molecule has 0 unspecified atom stereocenters. The van der Waals surface area contributed by atoms with Crippen molar-refractivity contribution in [1.29, 1.82) is 0 Å². The van der Waals surface area contributed by atoms with Crippen LogP contribution in [0.5, 0.6) is 0 Å². The van der Waals surface area contributed by atoms with E-state index in [1.807, 2.05) is 24.3 Å². The Morgan fingerprint density at radius 1 is 1.21 bits per heavy atom. The standard InChI is InChI=1S/C21H19BrClNO4/c1-28-11-3-10-24-18(14-4-2-5-15(22)12-14)17(20(26)21(24)27)19(25)13-6-8-16(23)9-7-13/h2,4-9,12,18,25H,3,10-11H2,1H3/b19-17+/t18-/m0/s1. The van der Waals surface area contributed by atoms with Gasteiger partial charge in [-0.1, -0.05) is 39.7 Å².